The van der Waals surface area contributed by atoms with E-state index in [0.717, 1.165) is 16.9 Å². The Labute approximate surface area is 152 Å². The van der Waals surface area contributed by atoms with Gasteiger partial charge in [0.05, 0.1) is 11.9 Å². The summed E-state index contributed by atoms with van der Waals surface area (Å²) in [4.78, 5) is 4.21. The predicted molar refractivity (Wildman–Crippen MR) is 100 cm³/mol. The van der Waals surface area contributed by atoms with Crippen LogP contribution in [-0.4, -0.2) is 18.6 Å². The largest absolute Gasteiger partial charge is 0.360 e. The summed E-state index contributed by atoms with van der Waals surface area (Å²) in [6.07, 6.45) is 1.57. The van der Waals surface area contributed by atoms with Gasteiger partial charge >= 0.3 is 0 Å². The van der Waals surface area contributed by atoms with Crippen LogP contribution in [0.2, 0.25) is 0 Å². The zero-order valence-corrected chi connectivity index (χ0v) is 15.8. The molecule has 0 bridgehead atoms. The second kappa shape index (κ2) is 6.80. The van der Waals surface area contributed by atoms with Crippen molar-refractivity contribution < 1.29 is 12.9 Å². The second-order valence-corrected chi connectivity index (χ2v) is 7.75. The third-order valence-electron chi connectivity index (χ3n) is 3.90. The van der Waals surface area contributed by atoms with Crippen molar-refractivity contribution >= 4 is 27.2 Å². The number of aryl methyl sites for hydroxylation is 4. The molecule has 0 spiro atoms. The molecule has 0 saturated carbocycles. The van der Waals surface area contributed by atoms with Gasteiger partial charge in [-0.2, -0.15) is 0 Å². The molecule has 0 aliphatic rings. The molecule has 0 aliphatic heterocycles. The molecule has 2 aromatic heterocycles. The van der Waals surface area contributed by atoms with Crippen LogP contribution < -0.4 is 10.0 Å². The Hall–Kier alpha value is -2.87. The van der Waals surface area contributed by atoms with Crippen LogP contribution in [0.25, 0.3) is 0 Å². The van der Waals surface area contributed by atoms with Gasteiger partial charge in [-0.25, -0.2) is 13.4 Å². The van der Waals surface area contributed by atoms with Gasteiger partial charge in [0, 0.05) is 5.69 Å². The lowest BCUT2D eigenvalue weighted by molar-refractivity contribution is 0.390. The summed E-state index contributed by atoms with van der Waals surface area (Å²) in [6.45, 7) is 7.20. The molecule has 8 heteroatoms. The van der Waals surface area contributed by atoms with Crippen LogP contribution in [0.4, 0.5) is 17.2 Å². The van der Waals surface area contributed by atoms with Crippen molar-refractivity contribution in [2.24, 2.45) is 0 Å². The maximum Gasteiger partial charge on any atom is 0.268 e. The third-order valence-corrected chi connectivity index (χ3v) is 5.50. The van der Waals surface area contributed by atoms with Crippen molar-refractivity contribution in [3.05, 3.63) is 59.1 Å². The highest BCUT2D eigenvalue weighted by atomic mass is 32.2. The molecule has 0 amide bonds. The first kappa shape index (κ1) is 17.9. The molecule has 7 nitrogen and oxygen atoms in total. The average Bonchev–Trinajstić information content (AvgIpc) is 2.91. The van der Waals surface area contributed by atoms with Gasteiger partial charge in [-0.05, 0) is 51.5 Å². The quantitative estimate of drug-likeness (QED) is 0.706. The molecular weight excluding hydrogens is 352 g/mol. The van der Waals surface area contributed by atoms with E-state index in [9.17, 15) is 8.42 Å². The van der Waals surface area contributed by atoms with E-state index in [4.69, 9.17) is 4.52 Å². The molecule has 2 N–H and O–H groups in total. The van der Waals surface area contributed by atoms with Crippen molar-refractivity contribution in [2.45, 2.75) is 32.6 Å². The van der Waals surface area contributed by atoms with Crippen molar-refractivity contribution in [3.8, 4) is 0 Å². The van der Waals surface area contributed by atoms with E-state index in [1.807, 2.05) is 26.0 Å². The number of nitrogens with zero attached hydrogens (tertiary/aromatic N) is 2. The van der Waals surface area contributed by atoms with E-state index in [-0.39, 0.29) is 16.5 Å². The van der Waals surface area contributed by atoms with Crippen LogP contribution in [0, 0.1) is 27.7 Å². The number of aromatic nitrogens is 2. The van der Waals surface area contributed by atoms with Crippen molar-refractivity contribution in [1.29, 1.82) is 0 Å². The molecule has 0 atom stereocenters. The van der Waals surface area contributed by atoms with Gasteiger partial charge in [0.1, 0.15) is 11.5 Å². The van der Waals surface area contributed by atoms with Gasteiger partial charge in [-0.1, -0.05) is 22.9 Å². The van der Waals surface area contributed by atoms with Crippen LogP contribution >= 0.6 is 0 Å². The molecule has 3 aromatic rings. The van der Waals surface area contributed by atoms with E-state index in [0.29, 0.717) is 5.69 Å². The summed E-state index contributed by atoms with van der Waals surface area (Å²) in [5, 5.41) is 6.95. The van der Waals surface area contributed by atoms with Gasteiger partial charge in [0.2, 0.25) is 0 Å². The van der Waals surface area contributed by atoms with Gasteiger partial charge in [0.25, 0.3) is 10.0 Å². The zero-order chi connectivity index (χ0) is 18.9. The molecule has 136 valence electrons. The molecule has 0 saturated heterocycles. The fraction of sp³-hybridized carbons (Fsp3) is 0.222. The summed E-state index contributed by atoms with van der Waals surface area (Å²) in [7, 11) is -3.80. The van der Waals surface area contributed by atoms with E-state index >= 15 is 0 Å². The van der Waals surface area contributed by atoms with Crippen LogP contribution in [0.15, 0.2) is 45.9 Å². The number of rotatable bonds is 5. The number of hydrogen-bond donors (Lipinski definition) is 2. The van der Waals surface area contributed by atoms with E-state index < -0.39 is 10.0 Å². The molecule has 0 fully saturated rings. The maximum atomic E-state index is 12.5. The Bertz CT molecular complexity index is 1020. The second-order valence-electron chi connectivity index (χ2n) is 6.13. The van der Waals surface area contributed by atoms with Crippen LogP contribution in [0.1, 0.15) is 22.6 Å². The Kier molecular flexibility index (Phi) is 4.69. The summed E-state index contributed by atoms with van der Waals surface area (Å²) in [6, 6.07) is 9.47. The molecule has 26 heavy (non-hydrogen) atoms. The molecule has 0 unspecified atom stereocenters. The molecule has 1 aromatic carbocycles. The first-order valence-corrected chi connectivity index (χ1v) is 9.50. The summed E-state index contributed by atoms with van der Waals surface area (Å²) < 4.78 is 32.4. The zero-order valence-electron chi connectivity index (χ0n) is 15.0. The number of nitrogens with one attached hydrogen (secondary N) is 2. The maximum absolute atomic E-state index is 12.5. The SMILES string of the molecule is Cc1ccc(Nc2ccc(NS(=O)(=O)c3c(C)noc3C)nc2)c(C)c1. The van der Waals surface area contributed by atoms with Gasteiger partial charge < -0.3 is 9.84 Å². The summed E-state index contributed by atoms with van der Waals surface area (Å²) in [5.41, 5.74) is 4.35. The van der Waals surface area contributed by atoms with Crippen molar-refractivity contribution in [3.63, 3.8) is 0 Å². The number of hydrogen-bond acceptors (Lipinski definition) is 6. The normalized spacial score (nSPS) is 11.4. The van der Waals surface area contributed by atoms with E-state index in [1.165, 1.54) is 5.56 Å². The lowest BCUT2D eigenvalue weighted by Gasteiger charge is -2.11. The summed E-state index contributed by atoms with van der Waals surface area (Å²) in [5.74, 6) is 0.458. The van der Waals surface area contributed by atoms with Gasteiger partial charge in [-0.3, -0.25) is 4.72 Å². The predicted octanol–water partition coefficient (Wildman–Crippen LogP) is 3.85. The molecule has 2 heterocycles. The smallest absolute Gasteiger partial charge is 0.268 e. The fourth-order valence-corrected chi connectivity index (χ4v) is 4.02. The van der Waals surface area contributed by atoms with Gasteiger partial charge in [-0.15, -0.1) is 0 Å². The number of benzene rings is 1. The highest BCUT2D eigenvalue weighted by Crippen LogP contribution is 2.24. The van der Waals surface area contributed by atoms with Crippen LogP contribution in [0.3, 0.4) is 0 Å². The Balaban J connectivity index is 1.77. The molecule has 3 rings (SSSR count). The topological polar surface area (TPSA) is 97.1 Å². The Morgan fingerprint density at radius 2 is 1.81 bits per heavy atom. The molecule has 0 aliphatic carbocycles. The highest BCUT2D eigenvalue weighted by Gasteiger charge is 2.24. The number of anilines is 3. The highest BCUT2D eigenvalue weighted by molar-refractivity contribution is 7.92. The van der Waals surface area contributed by atoms with Crippen LogP contribution in [-0.2, 0) is 10.0 Å². The first-order chi connectivity index (χ1) is 12.3. The van der Waals surface area contributed by atoms with Gasteiger partial charge in [0.15, 0.2) is 10.7 Å². The third kappa shape index (κ3) is 3.70. The van der Waals surface area contributed by atoms with Crippen molar-refractivity contribution in [2.75, 3.05) is 10.0 Å². The Morgan fingerprint density at radius 3 is 2.38 bits per heavy atom. The monoisotopic (exact) mass is 372 g/mol. The molecule has 0 radical (unpaired) electrons. The first-order valence-electron chi connectivity index (χ1n) is 8.02. The average molecular weight is 372 g/mol. The summed E-state index contributed by atoms with van der Waals surface area (Å²) >= 11 is 0. The number of sulfonamides is 1. The standard InChI is InChI=1S/C18H20N4O3S/c1-11-5-7-16(12(2)9-11)20-15-6-8-17(19-10-15)22-26(23,24)18-13(3)21-25-14(18)4/h5-10,20H,1-4H3,(H,19,22). The fourth-order valence-electron chi connectivity index (χ4n) is 2.68. The van der Waals surface area contributed by atoms with Crippen molar-refractivity contribution in [1.82, 2.24) is 10.1 Å². The van der Waals surface area contributed by atoms with E-state index in [2.05, 4.69) is 26.2 Å². The minimum atomic E-state index is -3.80. The lowest BCUT2D eigenvalue weighted by Crippen LogP contribution is -2.15. The molecular formula is C18H20N4O3S. The Morgan fingerprint density at radius 1 is 1.04 bits per heavy atom. The van der Waals surface area contributed by atoms with Crippen LogP contribution in [0.5, 0.6) is 0 Å². The minimum absolute atomic E-state index is 0.0387. The minimum Gasteiger partial charge on any atom is -0.360 e. The lowest BCUT2D eigenvalue weighted by atomic mass is 10.1. The van der Waals surface area contributed by atoms with E-state index in [1.54, 1.807) is 32.2 Å². The number of pyridine rings is 1.